The Kier molecular flexibility index (Phi) is 8.22. The number of nitrogens with one attached hydrogen (secondary N) is 2. The van der Waals surface area contributed by atoms with Crippen LogP contribution in [0.3, 0.4) is 0 Å². The van der Waals surface area contributed by atoms with Crippen molar-refractivity contribution in [3.8, 4) is 0 Å². The van der Waals surface area contributed by atoms with Gasteiger partial charge in [0.2, 0.25) is 5.91 Å². The van der Waals surface area contributed by atoms with Crippen LogP contribution >= 0.6 is 0 Å². The van der Waals surface area contributed by atoms with Crippen LogP contribution in [0.2, 0.25) is 0 Å². The van der Waals surface area contributed by atoms with Crippen molar-refractivity contribution in [1.82, 2.24) is 20.3 Å². The van der Waals surface area contributed by atoms with Crippen molar-refractivity contribution in [3.05, 3.63) is 39.9 Å². The van der Waals surface area contributed by atoms with Gasteiger partial charge in [-0.1, -0.05) is 13.3 Å². The number of ether oxygens (including phenoxy) is 1. The summed E-state index contributed by atoms with van der Waals surface area (Å²) in [6, 6.07) is 4.36. The maximum absolute atomic E-state index is 13.4. The highest BCUT2D eigenvalue weighted by Crippen LogP contribution is 2.38. The lowest BCUT2D eigenvalue weighted by Crippen LogP contribution is -2.45. The minimum Gasteiger partial charge on any atom is -0.378 e. The van der Waals surface area contributed by atoms with Crippen molar-refractivity contribution < 1.29 is 14.4 Å². The average Bonchev–Trinajstić information content (AvgIpc) is 3.23. The quantitative estimate of drug-likeness (QED) is 0.590. The van der Waals surface area contributed by atoms with Crippen LogP contribution in [0.5, 0.6) is 0 Å². The monoisotopic (exact) mass is 524 g/mol. The summed E-state index contributed by atoms with van der Waals surface area (Å²) in [6.45, 7) is 9.03. The van der Waals surface area contributed by atoms with E-state index in [0.29, 0.717) is 18.4 Å². The lowest BCUT2D eigenvalue weighted by Gasteiger charge is -2.36. The minimum absolute atomic E-state index is 0.0118. The normalized spacial score (nSPS) is 33.9. The van der Waals surface area contributed by atoms with Gasteiger partial charge in [0.05, 0.1) is 24.3 Å². The summed E-state index contributed by atoms with van der Waals surface area (Å²) in [5.74, 6) is 0.968. The molecule has 5 rings (SSSR count). The summed E-state index contributed by atoms with van der Waals surface area (Å²) in [5, 5.41) is 4.36. The van der Waals surface area contributed by atoms with Crippen molar-refractivity contribution in [2.45, 2.75) is 103 Å². The molecule has 8 heteroatoms. The molecule has 2 aromatic heterocycles. The van der Waals surface area contributed by atoms with Crippen LogP contribution in [0.25, 0.3) is 10.9 Å². The Morgan fingerprint density at radius 3 is 2.76 bits per heavy atom. The number of hydroxylamine groups is 1. The molecule has 2 aromatic rings. The van der Waals surface area contributed by atoms with Gasteiger partial charge in [0.1, 0.15) is 0 Å². The summed E-state index contributed by atoms with van der Waals surface area (Å²) >= 11 is 0. The first-order valence-electron chi connectivity index (χ1n) is 14.5. The van der Waals surface area contributed by atoms with Gasteiger partial charge in [0.15, 0.2) is 0 Å². The third-order valence-corrected chi connectivity index (χ3v) is 9.42. The molecule has 3 fully saturated rings. The molecule has 8 unspecified atom stereocenters. The van der Waals surface area contributed by atoms with Gasteiger partial charge < -0.3 is 14.6 Å². The van der Waals surface area contributed by atoms with Crippen molar-refractivity contribution in [2.75, 3.05) is 6.61 Å². The fourth-order valence-corrected chi connectivity index (χ4v) is 6.82. The maximum Gasteiger partial charge on any atom is 0.254 e. The van der Waals surface area contributed by atoms with E-state index >= 15 is 0 Å². The molecular formula is C30H44N4O4. The molecule has 1 aliphatic heterocycles. The van der Waals surface area contributed by atoms with E-state index < -0.39 is 0 Å². The third kappa shape index (κ3) is 5.68. The molecule has 0 radical (unpaired) electrons. The fourth-order valence-electron chi connectivity index (χ4n) is 6.82. The number of nitrogens with zero attached hydrogens (tertiary/aromatic N) is 2. The molecule has 38 heavy (non-hydrogen) atoms. The molecule has 8 nitrogen and oxygen atoms in total. The van der Waals surface area contributed by atoms with Gasteiger partial charge in [0, 0.05) is 53.8 Å². The lowest BCUT2D eigenvalue weighted by atomic mass is 9.74. The Balaban J connectivity index is 1.22. The number of hydrogen-bond acceptors (Lipinski definition) is 6. The lowest BCUT2D eigenvalue weighted by molar-refractivity contribution is -0.129. The Labute approximate surface area is 225 Å². The van der Waals surface area contributed by atoms with Gasteiger partial charge in [-0.2, -0.15) is 5.48 Å². The molecule has 208 valence electrons. The number of rotatable bonds is 6. The zero-order chi connectivity index (χ0) is 27.0. The van der Waals surface area contributed by atoms with Crippen LogP contribution in [-0.4, -0.2) is 46.4 Å². The molecule has 2 saturated carbocycles. The van der Waals surface area contributed by atoms with Gasteiger partial charge >= 0.3 is 0 Å². The number of carbonyl (C=O) groups excluding carboxylic acids is 1. The van der Waals surface area contributed by atoms with Gasteiger partial charge in [0.25, 0.3) is 5.56 Å². The highest BCUT2D eigenvalue weighted by Gasteiger charge is 2.36. The topological polar surface area (TPSA) is 94.5 Å². The van der Waals surface area contributed by atoms with Gasteiger partial charge in [-0.3, -0.25) is 19.4 Å². The zero-order valence-corrected chi connectivity index (χ0v) is 23.5. The van der Waals surface area contributed by atoms with E-state index in [1.54, 1.807) is 4.57 Å². The molecule has 3 aliphatic rings. The fraction of sp³-hybridized carbons (Fsp3) is 0.700. The maximum atomic E-state index is 13.4. The molecule has 2 aliphatic carbocycles. The first-order valence-corrected chi connectivity index (χ1v) is 14.5. The van der Waals surface area contributed by atoms with Gasteiger partial charge in [-0.15, -0.1) is 0 Å². The highest BCUT2D eigenvalue weighted by molar-refractivity contribution is 5.80. The Morgan fingerprint density at radius 2 is 2.00 bits per heavy atom. The summed E-state index contributed by atoms with van der Waals surface area (Å²) < 4.78 is 8.05. The summed E-state index contributed by atoms with van der Waals surface area (Å²) in [6.07, 6.45) is 8.57. The van der Waals surface area contributed by atoms with Crippen LogP contribution in [0.15, 0.2) is 23.1 Å². The zero-order valence-electron chi connectivity index (χ0n) is 23.5. The van der Waals surface area contributed by atoms with Crippen molar-refractivity contribution in [2.24, 2.45) is 24.8 Å². The standard InChI is InChI=1S/C30H44N4O4/c1-17-9-10-23(14-25(17)26-13-22-15-31-18(2)11-28(22)34(5)30(26)36)32-29(35)21-7-6-8-24(12-21)37-16-27-19(3)33-38-20(27)4/h11,13,15,17,19-21,23-25,27,33H,6-10,12,14,16H2,1-5H3,(H,32,35). The number of aromatic nitrogens is 2. The molecule has 8 atom stereocenters. The second-order valence-electron chi connectivity index (χ2n) is 12.2. The molecule has 2 N–H and O–H groups in total. The number of carbonyl (C=O) groups is 1. The predicted molar refractivity (Wildman–Crippen MR) is 148 cm³/mol. The molecule has 1 saturated heterocycles. The Bertz CT molecular complexity index is 1200. The first-order chi connectivity index (χ1) is 18.2. The number of pyridine rings is 2. The third-order valence-electron chi connectivity index (χ3n) is 9.42. The summed E-state index contributed by atoms with van der Waals surface area (Å²) in [7, 11) is 1.85. The van der Waals surface area contributed by atoms with Crippen LogP contribution in [0, 0.1) is 24.7 Å². The average molecular weight is 525 g/mol. The van der Waals surface area contributed by atoms with E-state index in [9.17, 15) is 9.59 Å². The SMILES string of the molecule is Cc1cc2c(cn1)cc(C1CC(NC(=O)C3CCCC(OCC4C(C)NOC4C)C3)CCC1C)c(=O)n2C. The van der Waals surface area contributed by atoms with Crippen LogP contribution < -0.4 is 16.4 Å². The summed E-state index contributed by atoms with van der Waals surface area (Å²) in [5.41, 5.74) is 5.76. The van der Waals surface area contributed by atoms with Gasteiger partial charge in [-0.05, 0) is 83.3 Å². The highest BCUT2D eigenvalue weighted by atomic mass is 16.7. The van der Waals surface area contributed by atoms with Crippen molar-refractivity contribution in [1.29, 1.82) is 0 Å². The Hall–Kier alpha value is -2.29. The molecule has 1 amide bonds. The largest absolute Gasteiger partial charge is 0.378 e. The smallest absolute Gasteiger partial charge is 0.254 e. The van der Waals surface area contributed by atoms with E-state index in [2.05, 4.69) is 36.6 Å². The van der Waals surface area contributed by atoms with Gasteiger partial charge in [-0.25, -0.2) is 0 Å². The predicted octanol–water partition coefficient (Wildman–Crippen LogP) is 4.13. The second-order valence-corrected chi connectivity index (χ2v) is 12.2. The molecule has 0 spiro atoms. The van der Waals surface area contributed by atoms with Crippen molar-refractivity contribution >= 4 is 16.8 Å². The van der Waals surface area contributed by atoms with Crippen molar-refractivity contribution in [3.63, 3.8) is 0 Å². The minimum atomic E-state index is -0.0118. The molecule has 3 heterocycles. The number of hydrogen-bond donors (Lipinski definition) is 2. The van der Waals surface area contributed by atoms with E-state index in [-0.39, 0.29) is 47.6 Å². The molecule has 0 bridgehead atoms. The number of fused-ring (bicyclic) bond motifs is 1. The van der Waals surface area contributed by atoms with Crippen LogP contribution in [-0.2, 0) is 21.4 Å². The molecular weight excluding hydrogens is 480 g/mol. The number of aryl methyl sites for hydroxylation is 2. The summed E-state index contributed by atoms with van der Waals surface area (Å²) in [4.78, 5) is 36.7. The van der Waals surface area contributed by atoms with E-state index in [1.807, 2.05) is 32.3 Å². The Morgan fingerprint density at radius 1 is 1.18 bits per heavy atom. The number of amides is 1. The second kappa shape index (κ2) is 11.4. The van der Waals surface area contributed by atoms with E-state index in [4.69, 9.17) is 9.57 Å². The van der Waals surface area contributed by atoms with Crippen LogP contribution in [0.1, 0.15) is 82.9 Å². The van der Waals surface area contributed by atoms with Crippen LogP contribution in [0.4, 0.5) is 0 Å². The first kappa shape index (κ1) is 27.3. The van der Waals surface area contributed by atoms with E-state index in [1.165, 1.54) is 0 Å². The van der Waals surface area contributed by atoms with E-state index in [0.717, 1.165) is 67.1 Å². The molecule has 0 aromatic carbocycles.